The number of H-pyrrole nitrogens is 1. The van der Waals surface area contributed by atoms with Crippen molar-refractivity contribution in [3.8, 4) is 0 Å². The Morgan fingerprint density at radius 3 is 2.58 bits per heavy atom. The Bertz CT molecular complexity index is 629. The third kappa shape index (κ3) is 2.30. The van der Waals surface area contributed by atoms with Crippen LogP contribution < -0.4 is 10.7 Å². The lowest BCUT2D eigenvalue weighted by atomic mass is 10.1. The fourth-order valence-electron chi connectivity index (χ4n) is 2.35. The van der Waals surface area contributed by atoms with E-state index in [0.29, 0.717) is 23.7 Å². The van der Waals surface area contributed by atoms with Gasteiger partial charge in [0.05, 0.1) is 11.1 Å². The zero-order valence-electron chi connectivity index (χ0n) is 11.8. The predicted octanol–water partition coefficient (Wildman–Crippen LogP) is 2.40. The van der Waals surface area contributed by atoms with E-state index in [1.165, 1.54) is 11.3 Å². The molecule has 0 unspecified atom stereocenters. The number of hydrogen-bond donors (Lipinski definition) is 1. The number of carbonyl (C=O) groups excluding carboxylic acids is 1. The molecule has 0 bridgehead atoms. The van der Waals surface area contributed by atoms with E-state index < -0.39 is 0 Å². The zero-order chi connectivity index (χ0) is 14.2. The molecule has 2 rings (SSSR count). The number of nitrogen functional groups attached to an aromatic ring is 1. The summed E-state index contributed by atoms with van der Waals surface area (Å²) >= 11 is 1.45. The first-order chi connectivity index (χ1) is 8.99. The molecule has 0 saturated heterocycles. The molecule has 0 atom stereocenters. The maximum absolute atomic E-state index is 12.4. The second-order valence-corrected chi connectivity index (χ2v) is 5.68. The number of aromatic amines is 1. The number of nitrogens with one attached hydrogen (secondary N) is 1. The summed E-state index contributed by atoms with van der Waals surface area (Å²) < 4.78 is 0. The van der Waals surface area contributed by atoms with E-state index >= 15 is 0 Å². The van der Waals surface area contributed by atoms with Crippen molar-refractivity contribution in [1.82, 2.24) is 4.90 Å². The van der Waals surface area contributed by atoms with E-state index in [0.717, 1.165) is 21.5 Å². The number of pyridine rings is 1. The third-order valence-corrected chi connectivity index (χ3v) is 4.44. The highest BCUT2D eigenvalue weighted by Crippen LogP contribution is 2.34. The van der Waals surface area contributed by atoms with Crippen molar-refractivity contribution in [3.05, 3.63) is 22.2 Å². The predicted molar refractivity (Wildman–Crippen MR) is 79.5 cm³/mol. The number of rotatable bonds is 3. The summed E-state index contributed by atoms with van der Waals surface area (Å²) in [6.45, 7) is 9.39. The number of amides is 1. The molecule has 0 aliphatic carbocycles. The molecule has 4 nitrogen and oxygen atoms in total. The van der Waals surface area contributed by atoms with Crippen LogP contribution in [0, 0.1) is 13.8 Å². The van der Waals surface area contributed by atoms with Crippen molar-refractivity contribution in [3.63, 3.8) is 0 Å². The average Bonchev–Trinajstić information content (AvgIpc) is 2.67. The van der Waals surface area contributed by atoms with Gasteiger partial charge >= 0.3 is 0 Å². The van der Waals surface area contributed by atoms with Gasteiger partial charge in [-0.1, -0.05) is 11.3 Å². The molecular formula is C14H20N3OS+. The molecule has 0 aliphatic heterocycles. The Labute approximate surface area is 117 Å². The number of aromatic nitrogens is 1. The minimum Gasteiger partial charge on any atom is -0.397 e. The van der Waals surface area contributed by atoms with Crippen molar-refractivity contribution in [2.75, 3.05) is 18.8 Å². The van der Waals surface area contributed by atoms with Gasteiger partial charge in [-0.05, 0) is 26.3 Å². The van der Waals surface area contributed by atoms with Gasteiger partial charge in [-0.2, -0.15) is 4.98 Å². The summed E-state index contributed by atoms with van der Waals surface area (Å²) in [7, 11) is 0. The first-order valence-electron chi connectivity index (χ1n) is 6.50. The minimum atomic E-state index is 0.0224. The topological polar surface area (TPSA) is 60.5 Å². The van der Waals surface area contributed by atoms with E-state index in [2.05, 4.69) is 11.1 Å². The zero-order valence-corrected chi connectivity index (χ0v) is 12.6. The molecule has 1 amide bonds. The molecule has 0 spiro atoms. The first-order valence-corrected chi connectivity index (χ1v) is 7.32. The van der Waals surface area contributed by atoms with Gasteiger partial charge in [0.1, 0.15) is 4.88 Å². The van der Waals surface area contributed by atoms with Crippen molar-refractivity contribution in [2.24, 2.45) is 0 Å². The number of carbonyl (C=O) groups is 1. The van der Waals surface area contributed by atoms with Crippen molar-refractivity contribution in [1.29, 1.82) is 0 Å². The standard InChI is InChI=1S/C14H19N3OS/c1-5-17(6-2)14(18)12-11(15)10-8(3)7-9(4)16-13(10)19-12/h7H,5-6,15H2,1-4H3/p+1. The fourth-order valence-corrected chi connectivity index (χ4v) is 3.57. The minimum absolute atomic E-state index is 0.0224. The number of nitrogens with zero attached hydrogens (tertiary/aromatic N) is 1. The van der Waals surface area contributed by atoms with Crippen LogP contribution in [0.15, 0.2) is 6.07 Å². The molecule has 2 aromatic heterocycles. The highest BCUT2D eigenvalue weighted by molar-refractivity contribution is 7.20. The molecule has 3 N–H and O–H groups in total. The summed E-state index contributed by atoms with van der Waals surface area (Å²) in [5, 5.41) is 0.978. The highest BCUT2D eigenvalue weighted by atomic mass is 32.1. The van der Waals surface area contributed by atoms with Gasteiger partial charge in [0.2, 0.25) is 0 Å². The number of nitrogens with two attached hydrogens (primary N) is 1. The lowest BCUT2D eigenvalue weighted by molar-refractivity contribution is -0.351. The SMILES string of the molecule is CCN(CC)C(=O)c1sc2[nH+]c(C)cc(C)c2c1N. The summed E-state index contributed by atoms with van der Waals surface area (Å²) in [5.74, 6) is 0.0224. The van der Waals surface area contributed by atoms with Gasteiger partial charge in [0, 0.05) is 26.1 Å². The number of thiophene rings is 1. The Hall–Kier alpha value is -1.62. The van der Waals surface area contributed by atoms with Crippen LogP contribution in [0.2, 0.25) is 0 Å². The molecule has 2 heterocycles. The smallest absolute Gasteiger partial charge is 0.270 e. The Morgan fingerprint density at radius 2 is 2.00 bits per heavy atom. The number of aryl methyl sites for hydroxylation is 2. The molecule has 0 radical (unpaired) electrons. The summed E-state index contributed by atoms with van der Waals surface area (Å²) in [5.41, 5.74) is 8.97. The Kier molecular flexibility index (Phi) is 3.75. The second-order valence-electron chi connectivity index (χ2n) is 4.66. The fraction of sp³-hybridized carbons (Fsp3) is 0.429. The number of fused-ring (bicyclic) bond motifs is 1. The maximum atomic E-state index is 12.4. The molecule has 0 saturated carbocycles. The summed E-state index contributed by atoms with van der Waals surface area (Å²) in [6, 6.07) is 2.05. The highest BCUT2D eigenvalue weighted by Gasteiger charge is 2.24. The normalized spacial score (nSPS) is 10.9. The number of hydrogen-bond acceptors (Lipinski definition) is 3. The quantitative estimate of drug-likeness (QED) is 0.937. The molecule has 102 valence electrons. The molecule has 0 aliphatic rings. The van der Waals surface area contributed by atoms with Crippen LogP contribution >= 0.6 is 11.3 Å². The van der Waals surface area contributed by atoms with Gasteiger partial charge in [-0.3, -0.25) is 4.79 Å². The van der Waals surface area contributed by atoms with Gasteiger partial charge in [-0.25, -0.2) is 0 Å². The molecule has 2 aromatic rings. The lowest BCUT2D eigenvalue weighted by Crippen LogP contribution is -2.30. The maximum Gasteiger partial charge on any atom is 0.270 e. The molecule has 5 heteroatoms. The molecule has 0 fully saturated rings. The largest absolute Gasteiger partial charge is 0.397 e. The van der Waals surface area contributed by atoms with Crippen LogP contribution in [-0.2, 0) is 0 Å². The van der Waals surface area contributed by atoms with E-state index in [9.17, 15) is 4.79 Å². The van der Waals surface area contributed by atoms with Gasteiger partial charge < -0.3 is 10.6 Å². The number of anilines is 1. The Morgan fingerprint density at radius 1 is 1.37 bits per heavy atom. The average molecular weight is 278 g/mol. The second kappa shape index (κ2) is 5.17. The van der Waals surface area contributed by atoms with Crippen LogP contribution in [-0.4, -0.2) is 23.9 Å². The summed E-state index contributed by atoms with van der Waals surface area (Å²) in [6.07, 6.45) is 0. The van der Waals surface area contributed by atoms with E-state index in [1.807, 2.05) is 27.7 Å². The van der Waals surface area contributed by atoms with Crippen LogP contribution in [0.5, 0.6) is 0 Å². The van der Waals surface area contributed by atoms with Gasteiger partial charge in [-0.15, -0.1) is 0 Å². The Balaban J connectivity index is 2.60. The summed E-state index contributed by atoms with van der Waals surface area (Å²) in [4.78, 5) is 19.1. The van der Waals surface area contributed by atoms with Gasteiger partial charge in [0.25, 0.3) is 10.7 Å². The monoisotopic (exact) mass is 278 g/mol. The van der Waals surface area contributed by atoms with Crippen molar-refractivity contribution < 1.29 is 9.78 Å². The van der Waals surface area contributed by atoms with E-state index in [-0.39, 0.29) is 5.91 Å². The van der Waals surface area contributed by atoms with Crippen LogP contribution in [0.1, 0.15) is 34.8 Å². The van der Waals surface area contributed by atoms with Crippen molar-refractivity contribution >= 4 is 33.1 Å². The van der Waals surface area contributed by atoms with E-state index in [4.69, 9.17) is 5.73 Å². The van der Waals surface area contributed by atoms with Crippen LogP contribution in [0.4, 0.5) is 5.69 Å². The molecule has 0 aromatic carbocycles. The van der Waals surface area contributed by atoms with Gasteiger partial charge in [0.15, 0.2) is 5.69 Å². The molecular weight excluding hydrogens is 258 g/mol. The first kappa shape index (κ1) is 13.8. The van der Waals surface area contributed by atoms with Crippen molar-refractivity contribution in [2.45, 2.75) is 27.7 Å². The van der Waals surface area contributed by atoms with Crippen LogP contribution in [0.3, 0.4) is 0 Å². The lowest BCUT2D eigenvalue weighted by Gasteiger charge is -2.17. The van der Waals surface area contributed by atoms with E-state index in [1.54, 1.807) is 4.90 Å². The molecule has 19 heavy (non-hydrogen) atoms. The third-order valence-electron chi connectivity index (χ3n) is 3.33. The van der Waals surface area contributed by atoms with Crippen LogP contribution in [0.25, 0.3) is 10.2 Å².